The molecule has 11 heteroatoms. The smallest absolute Gasteiger partial charge is 0.474 e. The van der Waals surface area contributed by atoms with Gasteiger partial charge < -0.3 is 4.74 Å². The van der Waals surface area contributed by atoms with E-state index in [-0.39, 0.29) is 11.6 Å². The van der Waals surface area contributed by atoms with Crippen LogP contribution in [0.2, 0.25) is 0 Å². The zero-order valence-corrected chi connectivity index (χ0v) is 10.5. The molecule has 0 spiro atoms. The van der Waals surface area contributed by atoms with E-state index in [4.69, 9.17) is 4.74 Å². The molecule has 2 aromatic heterocycles. The average molecular weight is 302 g/mol. The van der Waals surface area contributed by atoms with Gasteiger partial charge in [0.2, 0.25) is 5.95 Å². The highest BCUT2D eigenvalue weighted by atomic mass is 19.4. The standard InChI is InChI=1S/C10H9F3N6O2/c1-21-6-3-2-4-14-7(6)19-5-15-8(16-9(19)20)17-18-10(11,12)13/h2-5,18H,1H3,(H,16,17,20). The lowest BCUT2D eigenvalue weighted by atomic mass is 10.4. The number of methoxy groups -OCH3 is 1. The van der Waals surface area contributed by atoms with E-state index in [0.717, 1.165) is 16.3 Å². The number of ether oxygens (including phenoxy) is 1. The average Bonchev–Trinajstić information content (AvgIpc) is 2.44. The molecular weight excluding hydrogens is 293 g/mol. The maximum atomic E-state index is 11.9. The number of hydrogen-bond acceptors (Lipinski definition) is 7. The molecule has 8 nitrogen and oxygen atoms in total. The van der Waals surface area contributed by atoms with E-state index < -0.39 is 17.9 Å². The van der Waals surface area contributed by atoms with Gasteiger partial charge in [0, 0.05) is 6.20 Å². The van der Waals surface area contributed by atoms with Crippen molar-refractivity contribution in [3.63, 3.8) is 0 Å². The minimum atomic E-state index is -4.68. The van der Waals surface area contributed by atoms with Crippen molar-refractivity contribution in [1.29, 1.82) is 0 Å². The fraction of sp³-hybridized carbons (Fsp3) is 0.200. The van der Waals surface area contributed by atoms with Crippen LogP contribution >= 0.6 is 0 Å². The van der Waals surface area contributed by atoms with E-state index in [1.807, 2.05) is 0 Å². The van der Waals surface area contributed by atoms with Crippen molar-refractivity contribution in [1.82, 2.24) is 24.9 Å². The van der Waals surface area contributed by atoms with Gasteiger partial charge >= 0.3 is 12.0 Å². The molecule has 0 unspecified atom stereocenters. The van der Waals surface area contributed by atoms with E-state index in [2.05, 4.69) is 15.0 Å². The number of anilines is 1. The van der Waals surface area contributed by atoms with Crippen LogP contribution in [0.25, 0.3) is 5.82 Å². The van der Waals surface area contributed by atoms with Gasteiger partial charge in [0.05, 0.1) is 7.11 Å². The quantitative estimate of drug-likeness (QED) is 0.626. The monoisotopic (exact) mass is 302 g/mol. The highest BCUT2D eigenvalue weighted by Crippen LogP contribution is 2.17. The van der Waals surface area contributed by atoms with Gasteiger partial charge in [-0.1, -0.05) is 0 Å². The third kappa shape index (κ3) is 3.66. The van der Waals surface area contributed by atoms with Crippen molar-refractivity contribution in [2.45, 2.75) is 6.30 Å². The lowest BCUT2D eigenvalue weighted by Crippen LogP contribution is -2.38. The van der Waals surface area contributed by atoms with Gasteiger partial charge in [0.25, 0.3) is 0 Å². The molecule has 0 amide bonds. The number of nitrogens with zero attached hydrogens (tertiary/aromatic N) is 4. The summed E-state index contributed by atoms with van der Waals surface area (Å²) >= 11 is 0. The molecule has 0 bridgehead atoms. The predicted octanol–water partition coefficient (Wildman–Crippen LogP) is 0.467. The minimum Gasteiger partial charge on any atom is -0.493 e. The van der Waals surface area contributed by atoms with Crippen molar-refractivity contribution in [2.75, 3.05) is 12.5 Å². The Morgan fingerprint density at radius 1 is 1.33 bits per heavy atom. The summed E-state index contributed by atoms with van der Waals surface area (Å²) in [6.45, 7) is 0. The number of aromatic nitrogens is 4. The Morgan fingerprint density at radius 2 is 2.10 bits per heavy atom. The molecule has 21 heavy (non-hydrogen) atoms. The number of rotatable bonds is 4. The summed E-state index contributed by atoms with van der Waals surface area (Å²) in [5.74, 6) is -0.110. The van der Waals surface area contributed by atoms with Gasteiger partial charge in [0.1, 0.15) is 6.33 Å². The molecule has 0 saturated carbocycles. The van der Waals surface area contributed by atoms with Crippen molar-refractivity contribution >= 4 is 5.95 Å². The number of halogens is 3. The summed E-state index contributed by atoms with van der Waals surface area (Å²) in [6.07, 6.45) is -2.27. The maximum absolute atomic E-state index is 11.9. The SMILES string of the molecule is COc1cccnc1-n1cnc(NNC(F)(F)F)nc1=O. The summed E-state index contributed by atoms with van der Waals surface area (Å²) in [4.78, 5) is 22.7. The molecule has 0 aliphatic carbocycles. The molecule has 2 N–H and O–H groups in total. The van der Waals surface area contributed by atoms with Crippen molar-refractivity contribution in [2.24, 2.45) is 0 Å². The normalized spacial score (nSPS) is 11.2. The zero-order chi connectivity index (χ0) is 15.5. The molecule has 0 atom stereocenters. The number of nitrogens with one attached hydrogen (secondary N) is 2. The number of alkyl halides is 3. The fourth-order valence-electron chi connectivity index (χ4n) is 1.39. The van der Waals surface area contributed by atoms with E-state index in [1.165, 1.54) is 13.3 Å². The second-order valence-corrected chi connectivity index (χ2v) is 3.61. The Morgan fingerprint density at radius 3 is 2.71 bits per heavy atom. The molecular formula is C10H9F3N6O2. The van der Waals surface area contributed by atoms with Crippen LogP contribution in [0.3, 0.4) is 0 Å². The third-order valence-electron chi connectivity index (χ3n) is 2.22. The highest BCUT2D eigenvalue weighted by molar-refractivity contribution is 5.39. The highest BCUT2D eigenvalue weighted by Gasteiger charge is 2.27. The minimum absolute atomic E-state index is 0.125. The molecule has 112 valence electrons. The molecule has 0 aliphatic heterocycles. The first kappa shape index (κ1) is 14.7. The van der Waals surface area contributed by atoms with E-state index >= 15 is 0 Å². The van der Waals surface area contributed by atoms with Crippen LogP contribution in [-0.2, 0) is 0 Å². The van der Waals surface area contributed by atoms with Crippen LogP contribution in [0.5, 0.6) is 5.75 Å². The van der Waals surface area contributed by atoms with Gasteiger partial charge in [-0.15, -0.1) is 5.43 Å². The van der Waals surface area contributed by atoms with Crippen LogP contribution in [0.4, 0.5) is 19.1 Å². The zero-order valence-electron chi connectivity index (χ0n) is 10.5. The first-order chi connectivity index (χ1) is 9.90. The lowest BCUT2D eigenvalue weighted by Gasteiger charge is -2.11. The molecule has 0 radical (unpaired) electrons. The number of hydrazine groups is 1. The van der Waals surface area contributed by atoms with E-state index in [1.54, 1.807) is 17.6 Å². The molecule has 2 heterocycles. The Labute approximate surface area is 115 Å². The predicted molar refractivity (Wildman–Crippen MR) is 64.8 cm³/mol. The second kappa shape index (κ2) is 5.75. The van der Waals surface area contributed by atoms with Gasteiger partial charge in [-0.25, -0.2) is 19.3 Å². The van der Waals surface area contributed by atoms with Gasteiger partial charge in [-0.3, -0.25) is 5.43 Å². The van der Waals surface area contributed by atoms with Gasteiger partial charge in [-0.2, -0.15) is 18.2 Å². The van der Waals surface area contributed by atoms with E-state index in [0.29, 0.717) is 0 Å². The van der Waals surface area contributed by atoms with Crippen molar-refractivity contribution < 1.29 is 17.9 Å². The Kier molecular flexibility index (Phi) is 4.03. The third-order valence-corrected chi connectivity index (χ3v) is 2.22. The molecule has 0 aliphatic rings. The number of hydrogen-bond donors (Lipinski definition) is 2. The van der Waals surface area contributed by atoms with Crippen LogP contribution < -0.4 is 21.3 Å². The molecule has 2 rings (SSSR count). The number of pyridine rings is 1. The van der Waals surface area contributed by atoms with E-state index in [9.17, 15) is 18.0 Å². The Bertz CT molecular complexity index is 687. The summed E-state index contributed by atoms with van der Waals surface area (Å²) in [7, 11) is 1.38. The molecule has 0 saturated heterocycles. The van der Waals surface area contributed by atoms with Crippen molar-refractivity contribution in [3.8, 4) is 11.6 Å². The molecule has 0 fully saturated rings. The topological polar surface area (TPSA) is 94.0 Å². The largest absolute Gasteiger partial charge is 0.493 e. The van der Waals surface area contributed by atoms with Crippen LogP contribution in [0.15, 0.2) is 29.5 Å². The summed E-state index contributed by atoms with van der Waals surface area (Å²) in [5.41, 5.74) is 1.79. The van der Waals surface area contributed by atoms with Crippen molar-refractivity contribution in [3.05, 3.63) is 35.1 Å². The second-order valence-electron chi connectivity index (χ2n) is 3.61. The first-order valence-corrected chi connectivity index (χ1v) is 5.46. The molecule has 0 aromatic carbocycles. The van der Waals surface area contributed by atoms with Gasteiger partial charge in [0.15, 0.2) is 11.6 Å². The van der Waals surface area contributed by atoms with Crippen LogP contribution in [-0.4, -0.2) is 32.9 Å². The summed E-state index contributed by atoms with van der Waals surface area (Å²) in [5, 5.41) is 0. The first-order valence-electron chi connectivity index (χ1n) is 5.46. The van der Waals surface area contributed by atoms with Crippen LogP contribution in [0, 0.1) is 0 Å². The molecule has 2 aromatic rings. The van der Waals surface area contributed by atoms with Gasteiger partial charge in [-0.05, 0) is 12.1 Å². The van der Waals surface area contributed by atoms with Crippen LogP contribution in [0.1, 0.15) is 0 Å². The maximum Gasteiger partial charge on any atom is 0.474 e. The lowest BCUT2D eigenvalue weighted by molar-refractivity contribution is -0.151. The summed E-state index contributed by atoms with van der Waals surface area (Å²) < 4.78 is 41.8. The Balaban J connectivity index is 2.30. The summed E-state index contributed by atoms with van der Waals surface area (Å²) in [6, 6.07) is 3.16. The Hall–Kier alpha value is -2.69. The fourth-order valence-corrected chi connectivity index (χ4v) is 1.39.